The Kier molecular flexibility index (Phi) is 5.59. The molecule has 35 heavy (non-hydrogen) atoms. The van der Waals surface area contributed by atoms with E-state index in [0.717, 1.165) is 50.7 Å². The van der Waals surface area contributed by atoms with Gasteiger partial charge in [0.05, 0.1) is 17.3 Å². The van der Waals surface area contributed by atoms with Gasteiger partial charge in [0.15, 0.2) is 17.1 Å². The quantitative estimate of drug-likeness (QED) is 0.286. The van der Waals surface area contributed by atoms with Crippen LogP contribution in [0.25, 0.3) is 31.8 Å². The molecule has 6 rings (SSSR count). The van der Waals surface area contributed by atoms with Gasteiger partial charge in [0.2, 0.25) is 0 Å². The van der Waals surface area contributed by atoms with Crippen molar-refractivity contribution in [1.82, 2.24) is 9.88 Å². The minimum atomic E-state index is -0.273. The van der Waals surface area contributed by atoms with Gasteiger partial charge in [0.25, 0.3) is 5.91 Å². The number of ether oxygens (including phenoxy) is 1. The monoisotopic (exact) mass is 503 g/mol. The van der Waals surface area contributed by atoms with Crippen LogP contribution in [0.3, 0.4) is 0 Å². The second kappa shape index (κ2) is 8.78. The van der Waals surface area contributed by atoms with Gasteiger partial charge in [-0.05, 0) is 50.1 Å². The summed E-state index contributed by atoms with van der Waals surface area (Å²) in [5, 5.41) is 5.77. The molecule has 4 heterocycles. The van der Waals surface area contributed by atoms with E-state index >= 15 is 0 Å². The van der Waals surface area contributed by atoms with Crippen molar-refractivity contribution in [3.8, 4) is 16.3 Å². The normalized spacial score (nSPS) is 14.1. The molecule has 2 aromatic carbocycles. The molecule has 1 amide bonds. The maximum absolute atomic E-state index is 13.4. The third-order valence-corrected chi connectivity index (χ3v) is 8.69. The number of thiazole rings is 1. The van der Waals surface area contributed by atoms with E-state index in [-0.39, 0.29) is 11.7 Å². The second-order valence-electron chi connectivity index (χ2n) is 8.95. The lowest BCUT2D eigenvalue weighted by molar-refractivity contribution is 0.0999. The Morgan fingerprint density at radius 3 is 2.83 bits per heavy atom. The summed E-state index contributed by atoms with van der Waals surface area (Å²) >= 11 is 3.32. The number of nitrogens with zero attached hydrogens (tertiary/aromatic N) is 2. The number of benzene rings is 2. The van der Waals surface area contributed by atoms with Crippen LogP contribution in [0.2, 0.25) is 0 Å². The van der Waals surface area contributed by atoms with Crippen molar-refractivity contribution in [1.29, 1.82) is 0 Å². The molecule has 8 heteroatoms. The number of hydrogen-bond donors (Lipinski definition) is 1. The number of carbonyl (C=O) groups excluding carboxylic acids is 1. The summed E-state index contributed by atoms with van der Waals surface area (Å²) in [7, 11) is 1.60. The molecule has 0 unspecified atom stereocenters. The van der Waals surface area contributed by atoms with E-state index in [1.165, 1.54) is 10.4 Å². The van der Waals surface area contributed by atoms with E-state index < -0.39 is 0 Å². The molecule has 5 aromatic rings. The van der Waals surface area contributed by atoms with Gasteiger partial charge in [-0.25, -0.2) is 4.98 Å². The molecule has 0 fully saturated rings. The average Bonchev–Trinajstić information content (AvgIpc) is 3.57. The van der Waals surface area contributed by atoms with Gasteiger partial charge in [-0.2, -0.15) is 0 Å². The van der Waals surface area contributed by atoms with Crippen LogP contribution in [0.1, 0.15) is 34.8 Å². The summed E-state index contributed by atoms with van der Waals surface area (Å²) in [6, 6.07) is 16.0. The van der Waals surface area contributed by atoms with Gasteiger partial charge < -0.3 is 14.5 Å². The van der Waals surface area contributed by atoms with E-state index in [2.05, 4.69) is 30.1 Å². The van der Waals surface area contributed by atoms with E-state index in [4.69, 9.17) is 14.1 Å². The lowest BCUT2D eigenvalue weighted by Crippen LogP contribution is -2.35. The van der Waals surface area contributed by atoms with Gasteiger partial charge in [-0.15, -0.1) is 22.7 Å². The highest BCUT2D eigenvalue weighted by Gasteiger charge is 2.29. The van der Waals surface area contributed by atoms with Gasteiger partial charge in [-0.1, -0.05) is 24.3 Å². The molecule has 6 nitrogen and oxygen atoms in total. The number of para-hydroxylation sites is 2. The molecule has 0 bridgehead atoms. The van der Waals surface area contributed by atoms with Crippen LogP contribution in [-0.4, -0.2) is 35.5 Å². The molecule has 0 atom stereocenters. The zero-order chi connectivity index (χ0) is 24.1. The number of carbonyl (C=O) groups is 1. The van der Waals surface area contributed by atoms with E-state index in [1.807, 2.05) is 36.4 Å². The Balaban J connectivity index is 1.42. The van der Waals surface area contributed by atoms with Gasteiger partial charge >= 0.3 is 0 Å². The zero-order valence-electron chi connectivity index (χ0n) is 19.8. The van der Waals surface area contributed by atoms with Crippen molar-refractivity contribution < 1.29 is 13.9 Å². The zero-order valence-corrected chi connectivity index (χ0v) is 21.4. The predicted octanol–water partition coefficient (Wildman–Crippen LogP) is 6.80. The van der Waals surface area contributed by atoms with Crippen molar-refractivity contribution in [2.75, 3.05) is 19.0 Å². The van der Waals surface area contributed by atoms with Crippen molar-refractivity contribution >= 4 is 54.8 Å². The Labute approximate surface area is 211 Å². The highest BCUT2D eigenvalue weighted by Crippen LogP contribution is 2.46. The first-order chi connectivity index (χ1) is 17.0. The molecule has 1 aliphatic rings. The summed E-state index contributed by atoms with van der Waals surface area (Å²) < 4.78 is 12.5. The summed E-state index contributed by atoms with van der Waals surface area (Å²) in [4.78, 5) is 22.1. The van der Waals surface area contributed by atoms with Gasteiger partial charge in [0, 0.05) is 35.0 Å². The molecule has 0 radical (unpaired) electrons. The number of rotatable bonds is 5. The number of thiophene rings is 1. The van der Waals surface area contributed by atoms with Crippen LogP contribution in [0.15, 0.2) is 52.9 Å². The van der Waals surface area contributed by atoms with E-state index in [1.54, 1.807) is 35.8 Å². The lowest BCUT2D eigenvalue weighted by Gasteiger charge is -2.30. The minimum absolute atomic E-state index is 0.259. The minimum Gasteiger partial charge on any atom is -0.493 e. The van der Waals surface area contributed by atoms with Crippen LogP contribution < -0.4 is 10.1 Å². The summed E-state index contributed by atoms with van der Waals surface area (Å²) in [5.41, 5.74) is 3.91. The van der Waals surface area contributed by atoms with Crippen molar-refractivity contribution in [2.45, 2.75) is 32.9 Å². The molecular weight excluding hydrogens is 478 g/mol. The number of methoxy groups -OCH3 is 1. The molecule has 0 saturated heterocycles. The number of aromatic nitrogens is 1. The maximum Gasteiger partial charge on any atom is 0.292 e. The molecular formula is C27H25N3O3S2. The van der Waals surface area contributed by atoms with Crippen LogP contribution in [0.5, 0.6) is 5.75 Å². The SMILES string of the molecule is COc1cccc2cc(C(=O)Nc3sc4c(c3-c3nc5ccccc5s3)CCN(C(C)C)C4)oc12. The van der Waals surface area contributed by atoms with E-state index in [0.29, 0.717) is 17.4 Å². The Morgan fingerprint density at radius 1 is 1.17 bits per heavy atom. The number of nitrogens with one attached hydrogen (secondary N) is 1. The number of furan rings is 1. The number of amides is 1. The van der Waals surface area contributed by atoms with Crippen LogP contribution >= 0.6 is 22.7 Å². The molecule has 3 aromatic heterocycles. The smallest absolute Gasteiger partial charge is 0.292 e. The summed E-state index contributed by atoms with van der Waals surface area (Å²) in [6.45, 7) is 6.33. The third kappa shape index (κ3) is 3.91. The fourth-order valence-electron chi connectivity index (χ4n) is 4.63. The Bertz CT molecular complexity index is 1530. The molecule has 0 spiro atoms. The second-order valence-corrected chi connectivity index (χ2v) is 11.1. The first-order valence-electron chi connectivity index (χ1n) is 11.6. The molecule has 1 N–H and O–H groups in total. The molecule has 178 valence electrons. The number of anilines is 1. The highest BCUT2D eigenvalue weighted by molar-refractivity contribution is 7.23. The molecule has 0 aliphatic carbocycles. The topological polar surface area (TPSA) is 67.6 Å². The summed E-state index contributed by atoms with van der Waals surface area (Å²) in [6.07, 6.45) is 0.937. The number of fused-ring (bicyclic) bond motifs is 3. The van der Waals surface area contributed by atoms with Gasteiger partial charge in [0.1, 0.15) is 10.0 Å². The fraction of sp³-hybridized carbons (Fsp3) is 0.259. The van der Waals surface area contributed by atoms with Crippen LogP contribution in [0, 0.1) is 0 Å². The van der Waals surface area contributed by atoms with Crippen molar-refractivity contribution in [3.63, 3.8) is 0 Å². The average molecular weight is 504 g/mol. The van der Waals surface area contributed by atoms with Crippen LogP contribution in [-0.2, 0) is 13.0 Å². The van der Waals surface area contributed by atoms with E-state index in [9.17, 15) is 4.79 Å². The van der Waals surface area contributed by atoms with Crippen molar-refractivity contribution in [2.24, 2.45) is 0 Å². The fourth-order valence-corrected chi connectivity index (χ4v) is 7.01. The summed E-state index contributed by atoms with van der Waals surface area (Å²) in [5.74, 6) is 0.594. The van der Waals surface area contributed by atoms with Gasteiger partial charge in [-0.3, -0.25) is 9.69 Å². The number of hydrogen-bond acceptors (Lipinski definition) is 7. The third-order valence-electron chi connectivity index (χ3n) is 6.50. The van der Waals surface area contributed by atoms with Crippen molar-refractivity contribution in [3.05, 3.63) is 64.7 Å². The predicted molar refractivity (Wildman–Crippen MR) is 143 cm³/mol. The highest BCUT2D eigenvalue weighted by atomic mass is 32.1. The first kappa shape index (κ1) is 22.3. The Morgan fingerprint density at radius 2 is 2.03 bits per heavy atom. The Hall–Kier alpha value is -3.20. The lowest BCUT2D eigenvalue weighted by atomic mass is 10.0. The maximum atomic E-state index is 13.4. The largest absolute Gasteiger partial charge is 0.493 e. The first-order valence-corrected chi connectivity index (χ1v) is 13.3. The molecule has 1 aliphatic heterocycles. The standard InChI is InChI=1S/C27H25N3O3S2/c1-15(2)30-12-11-17-22(14-30)35-27(23(17)26-28-18-8-4-5-10-21(18)34-26)29-25(31)20-13-16-7-6-9-19(32-3)24(16)33-20/h4-10,13,15H,11-12,14H2,1-3H3,(H,29,31). The van der Waals surface area contributed by atoms with Crippen LogP contribution in [0.4, 0.5) is 5.00 Å². The molecule has 0 saturated carbocycles.